The zero-order chi connectivity index (χ0) is 18.8. The fraction of sp³-hybridized carbons (Fsp3) is 0.304. The molecule has 0 saturated carbocycles. The number of ether oxygens (including phenoxy) is 1. The van der Waals surface area contributed by atoms with E-state index in [0.29, 0.717) is 11.3 Å². The summed E-state index contributed by atoms with van der Waals surface area (Å²) in [6.45, 7) is 4.09. The van der Waals surface area contributed by atoms with Crippen molar-refractivity contribution in [2.45, 2.75) is 45.6 Å². The molecule has 2 aromatic carbocycles. The van der Waals surface area contributed by atoms with Crippen molar-refractivity contribution in [2.24, 2.45) is 0 Å². The van der Waals surface area contributed by atoms with Crippen molar-refractivity contribution >= 4 is 11.3 Å². The number of rotatable bonds is 5. The van der Waals surface area contributed by atoms with Gasteiger partial charge in [0, 0.05) is 11.8 Å². The quantitative estimate of drug-likeness (QED) is 0.549. The Kier molecular flexibility index (Phi) is 4.96. The van der Waals surface area contributed by atoms with E-state index in [4.69, 9.17) is 4.74 Å². The number of hydrogen-bond donors (Lipinski definition) is 0. The highest BCUT2D eigenvalue weighted by molar-refractivity contribution is 7.18. The van der Waals surface area contributed by atoms with Crippen molar-refractivity contribution in [3.8, 4) is 32.8 Å². The molecule has 3 nitrogen and oxygen atoms in total. The maximum absolute atomic E-state index is 9.52. The lowest BCUT2D eigenvalue weighted by Gasteiger charge is -2.14. The van der Waals surface area contributed by atoms with Gasteiger partial charge in [-0.2, -0.15) is 5.26 Å². The molecule has 0 N–H and O–H groups in total. The predicted molar refractivity (Wildman–Crippen MR) is 110 cm³/mol. The summed E-state index contributed by atoms with van der Waals surface area (Å²) in [7, 11) is 0. The van der Waals surface area contributed by atoms with Crippen LogP contribution < -0.4 is 4.74 Å². The average Bonchev–Trinajstić information content (AvgIpc) is 3.37. The molecule has 1 aromatic heterocycles. The average molecular weight is 375 g/mol. The van der Waals surface area contributed by atoms with Crippen LogP contribution >= 0.6 is 11.3 Å². The molecule has 0 saturated heterocycles. The van der Waals surface area contributed by atoms with Gasteiger partial charge in [-0.05, 0) is 67.5 Å². The molecule has 4 rings (SSSR count). The molecule has 1 heterocycles. The van der Waals surface area contributed by atoms with Crippen LogP contribution in [0.1, 0.15) is 43.4 Å². The first-order valence-corrected chi connectivity index (χ1v) is 10.3. The van der Waals surface area contributed by atoms with Gasteiger partial charge in [-0.3, -0.25) is 0 Å². The van der Waals surface area contributed by atoms with E-state index in [1.807, 2.05) is 31.3 Å². The molecule has 136 valence electrons. The van der Waals surface area contributed by atoms with Crippen molar-refractivity contribution in [1.29, 1.82) is 5.26 Å². The van der Waals surface area contributed by atoms with E-state index < -0.39 is 0 Å². The molecule has 0 amide bonds. The molecule has 0 bridgehead atoms. The number of aromatic nitrogens is 1. The third kappa shape index (κ3) is 3.48. The van der Waals surface area contributed by atoms with E-state index in [0.717, 1.165) is 23.4 Å². The van der Waals surface area contributed by atoms with Crippen LogP contribution in [0.5, 0.6) is 5.75 Å². The van der Waals surface area contributed by atoms with Gasteiger partial charge in [0.15, 0.2) is 0 Å². The first-order chi connectivity index (χ1) is 13.2. The molecule has 0 aliphatic heterocycles. The highest BCUT2D eigenvalue weighted by Gasteiger charge is 2.17. The maximum Gasteiger partial charge on any atom is 0.137 e. The van der Waals surface area contributed by atoms with Gasteiger partial charge in [-0.1, -0.05) is 25.1 Å². The second kappa shape index (κ2) is 7.54. The first-order valence-electron chi connectivity index (χ1n) is 9.47. The van der Waals surface area contributed by atoms with E-state index in [1.165, 1.54) is 34.4 Å². The molecule has 1 atom stereocenters. The summed E-state index contributed by atoms with van der Waals surface area (Å²) >= 11 is 1.69. The van der Waals surface area contributed by atoms with E-state index in [-0.39, 0.29) is 6.10 Å². The molecule has 3 aromatic rings. The minimum Gasteiger partial charge on any atom is -0.489 e. The number of nitrogens with zero attached hydrogens (tertiary/aromatic N) is 2. The maximum atomic E-state index is 9.52. The lowest BCUT2D eigenvalue weighted by Crippen LogP contribution is -2.10. The molecule has 0 radical (unpaired) electrons. The third-order valence-electron chi connectivity index (χ3n) is 5.17. The van der Waals surface area contributed by atoms with Crippen LogP contribution in [0.25, 0.3) is 21.0 Å². The van der Waals surface area contributed by atoms with Gasteiger partial charge in [0.2, 0.25) is 0 Å². The summed E-state index contributed by atoms with van der Waals surface area (Å²) in [5, 5.41) is 10.5. The number of nitriles is 1. The van der Waals surface area contributed by atoms with Crippen LogP contribution in [0, 0.1) is 11.3 Å². The van der Waals surface area contributed by atoms with Crippen molar-refractivity contribution in [3.63, 3.8) is 0 Å². The van der Waals surface area contributed by atoms with Gasteiger partial charge in [0.05, 0.1) is 16.5 Å². The Labute approximate surface area is 164 Å². The molecule has 1 unspecified atom stereocenters. The molecule has 1 aliphatic rings. The third-order valence-corrected chi connectivity index (χ3v) is 6.25. The minimum atomic E-state index is 0.0922. The molecule has 1 aliphatic carbocycles. The summed E-state index contributed by atoms with van der Waals surface area (Å²) < 4.78 is 5.86. The SMILES string of the molecule is CCC(C)Oc1ccc(-c2ncc(-c3cccc4c3CCC4)s2)cc1C#N. The highest BCUT2D eigenvalue weighted by atomic mass is 32.1. The number of thiazole rings is 1. The van der Waals surface area contributed by atoms with Crippen LogP contribution in [0.4, 0.5) is 0 Å². The van der Waals surface area contributed by atoms with Crippen LogP contribution in [-0.4, -0.2) is 11.1 Å². The van der Waals surface area contributed by atoms with Gasteiger partial charge >= 0.3 is 0 Å². The summed E-state index contributed by atoms with van der Waals surface area (Å²) in [5.74, 6) is 0.647. The minimum absolute atomic E-state index is 0.0922. The standard InChI is InChI=1S/C23H22N2OS/c1-3-15(2)26-21-11-10-17(12-18(21)13-24)23-25-14-22(27-23)20-9-5-7-16-6-4-8-19(16)20/h5,7,9-12,14-15H,3-4,6,8H2,1-2H3. The molecular weight excluding hydrogens is 352 g/mol. The van der Waals surface area contributed by atoms with Gasteiger partial charge in [0.25, 0.3) is 0 Å². The smallest absolute Gasteiger partial charge is 0.137 e. The van der Waals surface area contributed by atoms with Crippen LogP contribution in [0.2, 0.25) is 0 Å². The van der Waals surface area contributed by atoms with Crippen LogP contribution in [0.3, 0.4) is 0 Å². The molecule has 0 fully saturated rings. The largest absolute Gasteiger partial charge is 0.489 e. The summed E-state index contributed by atoms with van der Waals surface area (Å²) in [6, 6.07) is 14.6. The van der Waals surface area contributed by atoms with E-state index in [1.54, 1.807) is 11.3 Å². The number of aryl methyl sites for hydroxylation is 1. The molecular formula is C23H22N2OS. The van der Waals surface area contributed by atoms with E-state index >= 15 is 0 Å². The molecule has 27 heavy (non-hydrogen) atoms. The van der Waals surface area contributed by atoms with Gasteiger partial charge in [-0.15, -0.1) is 11.3 Å². The van der Waals surface area contributed by atoms with Crippen molar-refractivity contribution in [3.05, 3.63) is 59.3 Å². The summed E-state index contributed by atoms with van der Waals surface area (Å²) in [5.41, 5.74) is 5.78. The van der Waals surface area contributed by atoms with E-state index in [9.17, 15) is 5.26 Å². The highest BCUT2D eigenvalue weighted by Crippen LogP contribution is 2.38. The topological polar surface area (TPSA) is 45.9 Å². The fourth-order valence-electron chi connectivity index (χ4n) is 3.54. The Hall–Kier alpha value is -2.64. The van der Waals surface area contributed by atoms with Crippen LogP contribution in [0.15, 0.2) is 42.6 Å². The second-order valence-electron chi connectivity index (χ2n) is 6.99. The lowest BCUT2D eigenvalue weighted by atomic mass is 10.0. The van der Waals surface area contributed by atoms with Gasteiger partial charge in [0.1, 0.15) is 16.8 Å². The van der Waals surface area contributed by atoms with Crippen molar-refractivity contribution in [1.82, 2.24) is 4.98 Å². The fourth-order valence-corrected chi connectivity index (χ4v) is 4.50. The normalized spacial score (nSPS) is 13.8. The van der Waals surface area contributed by atoms with E-state index in [2.05, 4.69) is 36.2 Å². The Morgan fingerprint density at radius 1 is 1.26 bits per heavy atom. The lowest BCUT2D eigenvalue weighted by molar-refractivity contribution is 0.217. The van der Waals surface area contributed by atoms with Gasteiger partial charge in [-0.25, -0.2) is 4.98 Å². The molecule has 0 spiro atoms. The van der Waals surface area contributed by atoms with Crippen LogP contribution in [-0.2, 0) is 12.8 Å². The number of benzene rings is 2. The molecule has 4 heteroatoms. The predicted octanol–water partition coefficient (Wildman–Crippen LogP) is 6.01. The monoisotopic (exact) mass is 374 g/mol. The second-order valence-corrected chi connectivity index (χ2v) is 8.02. The Bertz CT molecular complexity index is 1020. The van der Waals surface area contributed by atoms with Crippen molar-refractivity contribution < 1.29 is 4.74 Å². The zero-order valence-corrected chi connectivity index (χ0v) is 16.5. The number of fused-ring (bicyclic) bond motifs is 1. The summed E-state index contributed by atoms with van der Waals surface area (Å²) in [4.78, 5) is 5.84. The Morgan fingerprint density at radius 3 is 2.96 bits per heavy atom. The first kappa shape index (κ1) is 17.8. The van der Waals surface area contributed by atoms with Crippen molar-refractivity contribution in [2.75, 3.05) is 0 Å². The van der Waals surface area contributed by atoms with Gasteiger partial charge < -0.3 is 4.74 Å². The zero-order valence-electron chi connectivity index (χ0n) is 15.7. The Morgan fingerprint density at radius 2 is 2.15 bits per heavy atom. The summed E-state index contributed by atoms with van der Waals surface area (Å²) in [6.07, 6.45) is 6.53. The Balaban J connectivity index is 1.66. The number of hydrogen-bond acceptors (Lipinski definition) is 4.